The van der Waals surface area contributed by atoms with Gasteiger partial charge in [-0.1, -0.05) is 18.9 Å². The molecule has 2 atom stereocenters. The second-order valence-electron chi connectivity index (χ2n) is 5.59. The first-order valence-corrected chi connectivity index (χ1v) is 7.54. The van der Waals surface area contributed by atoms with Crippen molar-refractivity contribution >= 4 is 11.8 Å². The topological polar surface area (TPSA) is 78.4 Å². The first-order valence-electron chi connectivity index (χ1n) is 7.54. The summed E-state index contributed by atoms with van der Waals surface area (Å²) in [5.74, 6) is -1.20. The van der Waals surface area contributed by atoms with Gasteiger partial charge in [0.1, 0.15) is 5.82 Å². The second-order valence-corrected chi connectivity index (χ2v) is 5.59. The molecular weight excluding hydrogens is 287 g/mol. The summed E-state index contributed by atoms with van der Waals surface area (Å²) in [5, 5.41) is 14.6. The fourth-order valence-electron chi connectivity index (χ4n) is 2.77. The number of carbonyl (C=O) groups is 2. The van der Waals surface area contributed by atoms with Gasteiger partial charge >= 0.3 is 0 Å². The van der Waals surface area contributed by atoms with E-state index in [1.165, 1.54) is 18.2 Å². The molecule has 0 bridgehead atoms. The van der Waals surface area contributed by atoms with Gasteiger partial charge in [-0.3, -0.25) is 9.59 Å². The lowest BCUT2D eigenvalue weighted by Gasteiger charge is -2.30. The van der Waals surface area contributed by atoms with Crippen LogP contribution in [0.3, 0.4) is 0 Å². The van der Waals surface area contributed by atoms with Crippen LogP contribution in [0.25, 0.3) is 0 Å². The molecule has 2 rings (SSSR count). The molecular formula is C16H21FN2O3. The summed E-state index contributed by atoms with van der Waals surface area (Å²) in [5.41, 5.74) is 0.179. The monoisotopic (exact) mass is 308 g/mol. The van der Waals surface area contributed by atoms with Gasteiger partial charge in [-0.25, -0.2) is 4.39 Å². The van der Waals surface area contributed by atoms with E-state index in [-0.39, 0.29) is 36.6 Å². The third kappa shape index (κ3) is 4.53. The van der Waals surface area contributed by atoms with Crippen LogP contribution in [0.2, 0.25) is 0 Å². The van der Waals surface area contributed by atoms with Crippen LogP contribution in [-0.4, -0.2) is 36.1 Å². The summed E-state index contributed by atoms with van der Waals surface area (Å²) >= 11 is 0. The predicted molar refractivity (Wildman–Crippen MR) is 79.7 cm³/mol. The molecule has 1 fully saturated rings. The van der Waals surface area contributed by atoms with Crippen LogP contribution < -0.4 is 10.6 Å². The SMILES string of the molecule is O=C(CNC(=O)c1cccc(F)c1)NC1CCCCC1CO. The van der Waals surface area contributed by atoms with E-state index in [0.29, 0.717) is 0 Å². The molecule has 120 valence electrons. The van der Waals surface area contributed by atoms with Crippen LogP contribution in [0.1, 0.15) is 36.0 Å². The Kier molecular flexibility index (Phi) is 5.89. The standard InChI is InChI=1S/C16H21FN2O3/c17-13-6-3-5-11(8-13)16(22)18-9-15(21)19-14-7-2-1-4-12(14)10-20/h3,5-6,8,12,14,20H,1-2,4,7,9-10H2,(H,18,22)(H,19,21). The summed E-state index contributed by atoms with van der Waals surface area (Å²) < 4.78 is 13.0. The number of nitrogens with one attached hydrogen (secondary N) is 2. The van der Waals surface area contributed by atoms with Crippen LogP contribution in [0.4, 0.5) is 4.39 Å². The minimum absolute atomic E-state index is 0.0441. The average Bonchev–Trinajstić information content (AvgIpc) is 2.53. The third-order valence-electron chi connectivity index (χ3n) is 3.99. The zero-order valence-corrected chi connectivity index (χ0v) is 12.3. The molecule has 1 aliphatic rings. The Morgan fingerprint density at radius 3 is 2.77 bits per heavy atom. The van der Waals surface area contributed by atoms with Gasteiger partial charge in [0.15, 0.2) is 0 Å². The molecule has 1 saturated carbocycles. The molecule has 0 aromatic heterocycles. The van der Waals surface area contributed by atoms with E-state index in [2.05, 4.69) is 10.6 Å². The normalized spacial score (nSPS) is 21.2. The van der Waals surface area contributed by atoms with Crippen LogP contribution in [0.5, 0.6) is 0 Å². The number of halogens is 1. The first-order chi connectivity index (χ1) is 10.6. The van der Waals surface area contributed by atoms with Crippen molar-refractivity contribution in [2.24, 2.45) is 5.92 Å². The van der Waals surface area contributed by atoms with E-state index in [1.807, 2.05) is 0 Å². The first kappa shape index (κ1) is 16.4. The molecule has 0 heterocycles. The number of carbonyl (C=O) groups excluding carboxylic acids is 2. The zero-order chi connectivity index (χ0) is 15.9. The second kappa shape index (κ2) is 7.89. The molecule has 2 unspecified atom stereocenters. The largest absolute Gasteiger partial charge is 0.396 e. The van der Waals surface area contributed by atoms with Crippen molar-refractivity contribution < 1.29 is 19.1 Å². The molecule has 6 heteroatoms. The van der Waals surface area contributed by atoms with Gasteiger partial charge in [-0.15, -0.1) is 0 Å². The number of aliphatic hydroxyl groups excluding tert-OH is 1. The molecule has 3 N–H and O–H groups in total. The highest BCUT2D eigenvalue weighted by atomic mass is 19.1. The number of amides is 2. The van der Waals surface area contributed by atoms with E-state index >= 15 is 0 Å². The number of hydrogen-bond donors (Lipinski definition) is 3. The smallest absolute Gasteiger partial charge is 0.251 e. The molecule has 0 radical (unpaired) electrons. The lowest BCUT2D eigenvalue weighted by Crippen LogP contribution is -2.47. The zero-order valence-electron chi connectivity index (χ0n) is 12.3. The maximum Gasteiger partial charge on any atom is 0.251 e. The molecule has 0 spiro atoms. The van der Waals surface area contributed by atoms with E-state index in [9.17, 15) is 19.1 Å². The van der Waals surface area contributed by atoms with E-state index in [1.54, 1.807) is 0 Å². The van der Waals surface area contributed by atoms with Gasteiger partial charge in [0.2, 0.25) is 5.91 Å². The van der Waals surface area contributed by atoms with Crippen LogP contribution in [0, 0.1) is 11.7 Å². The number of rotatable bonds is 5. The Balaban J connectivity index is 1.81. The highest BCUT2D eigenvalue weighted by Crippen LogP contribution is 2.23. The Labute approximate surface area is 128 Å². The van der Waals surface area contributed by atoms with Crippen molar-refractivity contribution in [3.05, 3.63) is 35.6 Å². The van der Waals surface area contributed by atoms with E-state index < -0.39 is 11.7 Å². The molecule has 1 aromatic carbocycles. The van der Waals surface area contributed by atoms with Gasteiger partial charge in [-0.2, -0.15) is 0 Å². The van der Waals surface area contributed by atoms with Gasteiger partial charge in [0, 0.05) is 24.1 Å². The predicted octanol–water partition coefficient (Wildman–Crippen LogP) is 1.22. The summed E-state index contributed by atoms with van der Waals surface area (Å²) in [6.07, 6.45) is 3.83. The fourth-order valence-corrected chi connectivity index (χ4v) is 2.77. The van der Waals surface area contributed by atoms with Gasteiger partial charge in [0.25, 0.3) is 5.91 Å². The molecule has 0 aliphatic heterocycles. The van der Waals surface area contributed by atoms with Gasteiger partial charge in [-0.05, 0) is 31.0 Å². The highest BCUT2D eigenvalue weighted by Gasteiger charge is 2.25. The molecule has 5 nitrogen and oxygen atoms in total. The highest BCUT2D eigenvalue weighted by molar-refractivity contribution is 5.96. The molecule has 2 amide bonds. The molecule has 1 aliphatic carbocycles. The Morgan fingerprint density at radius 2 is 2.05 bits per heavy atom. The Hall–Kier alpha value is -1.95. The summed E-state index contributed by atoms with van der Waals surface area (Å²) in [6.45, 7) is -0.107. The van der Waals surface area contributed by atoms with Crippen molar-refractivity contribution in [2.75, 3.05) is 13.2 Å². The Bertz CT molecular complexity index is 536. The van der Waals surface area contributed by atoms with E-state index in [0.717, 1.165) is 31.7 Å². The maximum atomic E-state index is 13.0. The number of hydrogen-bond acceptors (Lipinski definition) is 3. The molecule has 22 heavy (non-hydrogen) atoms. The van der Waals surface area contributed by atoms with Gasteiger partial charge < -0.3 is 15.7 Å². The maximum absolute atomic E-state index is 13.0. The summed E-state index contributed by atoms with van der Waals surface area (Å²) in [4.78, 5) is 23.7. The molecule has 0 saturated heterocycles. The van der Waals surface area contributed by atoms with Crippen molar-refractivity contribution in [1.82, 2.24) is 10.6 Å². The number of benzene rings is 1. The third-order valence-corrected chi connectivity index (χ3v) is 3.99. The van der Waals surface area contributed by atoms with E-state index in [4.69, 9.17) is 0 Å². The van der Waals surface area contributed by atoms with Crippen molar-refractivity contribution in [3.8, 4) is 0 Å². The lowest BCUT2D eigenvalue weighted by molar-refractivity contribution is -0.121. The molecule has 1 aromatic rings. The fraction of sp³-hybridized carbons (Fsp3) is 0.500. The van der Waals surface area contributed by atoms with Crippen LogP contribution >= 0.6 is 0 Å². The summed E-state index contributed by atoms with van der Waals surface area (Å²) in [6, 6.07) is 5.26. The van der Waals surface area contributed by atoms with Crippen LogP contribution in [0.15, 0.2) is 24.3 Å². The van der Waals surface area contributed by atoms with Crippen molar-refractivity contribution in [2.45, 2.75) is 31.7 Å². The number of aliphatic hydroxyl groups is 1. The van der Waals surface area contributed by atoms with Gasteiger partial charge in [0.05, 0.1) is 6.54 Å². The van der Waals surface area contributed by atoms with Crippen molar-refractivity contribution in [1.29, 1.82) is 0 Å². The average molecular weight is 308 g/mol. The van der Waals surface area contributed by atoms with Crippen molar-refractivity contribution in [3.63, 3.8) is 0 Å². The quantitative estimate of drug-likeness (QED) is 0.765. The minimum Gasteiger partial charge on any atom is -0.396 e. The van der Waals surface area contributed by atoms with Crippen LogP contribution in [-0.2, 0) is 4.79 Å². The minimum atomic E-state index is -0.495. The summed E-state index contributed by atoms with van der Waals surface area (Å²) in [7, 11) is 0. The lowest BCUT2D eigenvalue weighted by atomic mass is 9.85. The Morgan fingerprint density at radius 1 is 1.27 bits per heavy atom.